The fourth-order valence-corrected chi connectivity index (χ4v) is 0.813. The number of hydrogen-bond donors (Lipinski definition) is 2. The van der Waals surface area contributed by atoms with E-state index in [2.05, 4.69) is 18.8 Å². The van der Waals surface area contributed by atoms with E-state index in [0.717, 1.165) is 13.0 Å². The first kappa shape index (κ1) is 12.6. The van der Waals surface area contributed by atoms with Crippen molar-refractivity contribution >= 4 is 6.21 Å². The average Bonchev–Trinajstić information content (AvgIpc) is 2.01. The third-order valence-corrected chi connectivity index (χ3v) is 1.99. The van der Waals surface area contributed by atoms with Crippen LogP contribution in [0.3, 0.4) is 0 Å². The highest BCUT2D eigenvalue weighted by atomic mass is 16.5. The van der Waals surface area contributed by atoms with Crippen molar-refractivity contribution in [2.45, 2.75) is 45.8 Å². The van der Waals surface area contributed by atoms with Gasteiger partial charge in [-0.1, -0.05) is 20.3 Å². The van der Waals surface area contributed by atoms with Crippen LogP contribution in [-0.2, 0) is 0 Å². The summed E-state index contributed by atoms with van der Waals surface area (Å²) in [5, 5.41) is 17.9. The molecule has 0 amide bonds. The molecule has 0 aliphatic heterocycles. The van der Waals surface area contributed by atoms with Crippen LogP contribution in [0.25, 0.3) is 0 Å². The zero-order chi connectivity index (χ0) is 10.3. The number of hydrogen-bond acceptors (Lipinski definition) is 3. The molecule has 0 bridgehead atoms. The molecule has 0 rings (SSSR count). The third-order valence-electron chi connectivity index (χ3n) is 1.99. The lowest BCUT2D eigenvalue weighted by atomic mass is 10.1. The summed E-state index contributed by atoms with van der Waals surface area (Å²) in [6.07, 6.45) is 3.88. The van der Waals surface area contributed by atoms with Crippen LogP contribution in [0.5, 0.6) is 0 Å². The monoisotopic (exact) mass is 187 g/mol. The van der Waals surface area contributed by atoms with Crippen LogP contribution in [0, 0.1) is 5.92 Å². The minimum atomic E-state index is -1.55. The predicted molar refractivity (Wildman–Crippen MR) is 54.9 cm³/mol. The van der Waals surface area contributed by atoms with Crippen molar-refractivity contribution in [2.24, 2.45) is 10.9 Å². The van der Waals surface area contributed by atoms with Crippen molar-refractivity contribution in [3.63, 3.8) is 0 Å². The van der Waals surface area contributed by atoms with Crippen molar-refractivity contribution in [3.05, 3.63) is 0 Å². The van der Waals surface area contributed by atoms with E-state index >= 15 is 0 Å². The predicted octanol–water partition coefficient (Wildman–Crippen LogP) is 1.58. The highest BCUT2D eigenvalue weighted by molar-refractivity contribution is 5.57. The van der Waals surface area contributed by atoms with E-state index in [1.807, 2.05) is 0 Å². The number of rotatable bonds is 6. The quantitative estimate of drug-likeness (QED) is 0.490. The van der Waals surface area contributed by atoms with Crippen molar-refractivity contribution in [1.29, 1.82) is 0 Å². The van der Waals surface area contributed by atoms with Gasteiger partial charge in [0, 0.05) is 13.0 Å². The molecule has 0 aliphatic rings. The highest BCUT2D eigenvalue weighted by Gasteiger charge is 2.12. The summed E-state index contributed by atoms with van der Waals surface area (Å²) >= 11 is 0. The van der Waals surface area contributed by atoms with Gasteiger partial charge < -0.3 is 10.2 Å². The Morgan fingerprint density at radius 2 is 2.08 bits per heavy atom. The van der Waals surface area contributed by atoms with Gasteiger partial charge in [-0.2, -0.15) is 0 Å². The van der Waals surface area contributed by atoms with Crippen molar-refractivity contribution in [3.8, 4) is 0 Å². The van der Waals surface area contributed by atoms with Gasteiger partial charge in [0.05, 0.1) is 0 Å². The second-order valence-corrected chi connectivity index (χ2v) is 3.82. The summed E-state index contributed by atoms with van der Waals surface area (Å²) in [5.74, 6) is -0.937. The molecule has 3 heteroatoms. The molecule has 0 fully saturated rings. The minimum absolute atomic E-state index is 0.344. The molecule has 2 N–H and O–H groups in total. The molecule has 0 radical (unpaired) electrons. The fraction of sp³-hybridized carbons (Fsp3) is 0.900. The molecule has 0 saturated heterocycles. The smallest absolute Gasteiger partial charge is 0.159 e. The molecule has 0 saturated carbocycles. The average molecular weight is 187 g/mol. The second-order valence-electron chi connectivity index (χ2n) is 3.82. The molecule has 1 atom stereocenters. The topological polar surface area (TPSA) is 52.8 Å². The van der Waals surface area contributed by atoms with Gasteiger partial charge in [0.15, 0.2) is 5.79 Å². The van der Waals surface area contributed by atoms with Crippen molar-refractivity contribution in [2.75, 3.05) is 6.54 Å². The zero-order valence-electron chi connectivity index (χ0n) is 8.82. The highest BCUT2D eigenvalue weighted by Crippen LogP contribution is 2.05. The summed E-state index contributed by atoms with van der Waals surface area (Å²) in [4.78, 5) is 4.20. The van der Waals surface area contributed by atoms with Gasteiger partial charge in [-0.15, -0.1) is 0 Å². The summed E-state index contributed by atoms with van der Waals surface area (Å²) in [5.41, 5.74) is 0. The van der Waals surface area contributed by atoms with Crippen LogP contribution < -0.4 is 0 Å². The summed E-state index contributed by atoms with van der Waals surface area (Å²) in [6, 6.07) is 0. The van der Waals surface area contributed by atoms with E-state index in [1.54, 1.807) is 6.21 Å². The lowest BCUT2D eigenvalue weighted by Gasteiger charge is -2.13. The van der Waals surface area contributed by atoms with E-state index in [-0.39, 0.29) is 0 Å². The molecule has 0 aromatic heterocycles. The molecule has 0 aliphatic carbocycles. The Labute approximate surface area is 80.5 Å². The second kappa shape index (κ2) is 6.11. The third kappa shape index (κ3) is 9.50. The van der Waals surface area contributed by atoms with E-state index in [1.165, 1.54) is 6.92 Å². The minimum Gasteiger partial charge on any atom is -0.366 e. The van der Waals surface area contributed by atoms with Gasteiger partial charge in [0.25, 0.3) is 0 Å². The van der Waals surface area contributed by atoms with E-state index < -0.39 is 5.79 Å². The Morgan fingerprint density at radius 1 is 1.46 bits per heavy atom. The van der Waals surface area contributed by atoms with Gasteiger partial charge in [-0.25, -0.2) is 0 Å². The van der Waals surface area contributed by atoms with Crippen molar-refractivity contribution < 1.29 is 10.2 Å². The summed E-state index contributed by atoms with van der Waals surface area (Å²) < 4.78 is 0. The van der Waals surface area contributed by atoms with E-state index in [9.17, 15) is 0 Å². The lowest BCUT2D eigenvalue weighted by Crippen LogP contribution is -2.22. The number of aliphatic hydroxyl groups is 2. The van der Waals surface area contributed by atoms with Crippen LogP contribution in [-0.4, -0.2) is 28.8 Å². The van der Waals surface area contributed by atoms with Crippen LogP contribution in [0.2, 0.25) is 0 Å². The Morgan fingerprint density at radius 3 is 2.54 bits per heavy atom. The summed E-state index contributed by atoms with van der Waals surface area (Å²) in [7, 11) is 0. The Hall–Kier alpha value is -0.410. The molecule has 1 unspecified atom stereocenters. The molecule has 0 aromatic rings. The van der Waals surface area contributed by atoms with Crippen LogP contribution in [0.15, 0.2) is 4.99 Å². The van der Waals surface area contributed by atoms with Gasteiger partial charge in [-0.3, -0.25) is 4.99 Å². The largest absolute Gasteiger partial charge is 0.366 e. The summed E-state index contributed by atoms with van der Waals surface area (Å²) in [6.45, 7) is 6.51. The number of aliphatic imine (C=N–C) groups is 1. The van der Waals surface area contributed by atoms with E-state index in [4.69, 9.17) is 10.2 Å². The standard InChI is InChI=1S/C10H21NO2/c1-4-9(2)8-11-7-5-6-10(3,12)13/h7,9,12-13H,4-6,8H2,1-3H3. The number of nitrogens with zero attached hydrogens (tertiary/aromatic N) is 1. The van der Waals surface area contributed by atoms with Gasteiger partial charge in [0.2, 0.25) is 0 Å². The SMILES string of the molecule is CCC(C)CN=CCCC(C)(O)O. The molecule has 0 aromatic carbocycles. The molecule has 13 heavy (non-hydrogen) atoms. The maximum atomic E-state index is 8.97. The van der Waals surface area contributed by atoms with E-state index in [0.29, 0.717) is 18.8 Å². The first-order valence-corrected chi connectivity index (χ1v) is 4.88. The lowest BCUT2D eigenvalue weighted by molar-refractivity contribution is -0.147. The Kier molecular flexibility index (Phi) is 5.91. The van der Waals surface area contributed by atoms with Gasteiger partial charge in [0.1, 0.15) is 0 Å². The maximum absolute atomic E-state index is 8.97. The molecular weight excluding hydrogens is 166 g/mol. The van der Waals surface area contributed by atoms with Crippen LogP contribution in [0.1, 0.15) is 40.0 Å². The first-order valence-electron chi connectivity index (χ1n) is 4.88. The van der Waals surface area contributed by atoms with Gasteiger partial charge >= 0.3 is 0 Å². The zero-order valence-corrected chi connectivity index (χ0v) is 8.82. The maximum Gasteiger partial charge on any atom is 0.159 e. The first-order chi connectivity index (χ1) is 5.95. The Bertz CT molecular complexity index is 149. The molecule has 0 heterocycles. The molecular formula is C10H21NO2. The van der Waals surface area contributed by atoms with Crippen molar-refractivity contribution in [1.82, 2.24) is 0 Å². The molecule has 3 nitrogen and oxygen atoms in total. The normalized spacial score (nSPS) is 15.2. The fourth-order valence-electron chi connectivity index (χ4n) is 0.813. The van der Waals surface area contributed by atoms with Crippen LogP contribution >= 0.6 is 0 Å². The van der Waals surface area contributed by atoms with Gasteiger partial charge in [-0.05, 0) is 25.5 Å². The van der Waals surface area contributed by atoms with Crippen LogP contribution in [0.4, 0.5) is 0 Å². The molecule has 78 valence electrons. The Balaban J connectivity index is 3.43. The molecule has 0 spiro atoms.